The number of hydrogen-bond acceptors (Lipinski definition) is 7. The van der Waals surface area contributed by atoms with Crippen LogP contribution >= 0.6 is 0 Å². The zero-order valence-electron chi connectivity index (χ0n) is 10.6. The van der Waals surface area contributed by atoms with Crippen LogP contribution in [0.2, 0.25) is 0 Å². The summed E-state index contributed by atoms with van der Waals surface area (Å²) in [6.07, 6.45) is 4.42. The predicted octanol–water partition coefficient (Wildman–Crippen LogP) is 1.04. The standard InChI is InChI=1S/C11H16N4O4/c1-18-10-9(15(16)17)11(14-6-13-10)19-8-4-2-3-7(12)5-8/h6-8H,2-5,12H2,1H3. The summed E-state index contributed by atoms with van der Waals surface area (Å²) in [5.74, 6) is -0.161. The zero-order valence-corrected chi connectivity index (χ0v) is 10.6. The molecule has 2 N–H and O–H groups in total. The minimum absolute atomic E-state index is 0.0593. The summed E-state index contributed by atoms with van der Waals surface area (Å²) >= 11 is 0. The first-order chi connectivity index (χ1) is 9.11. The third kappa shape index (κ3) is 3.08. The van der Waals surface area contributed by atoms with Gasteiger partial charge in [-0.2, -0.15) is 9.97 Å². The number of methoxy groups -OCH3 is 1. The first-order valence-corrected chi connectivity index (χ1v) is 6.07. The molecular weight excluding hydrogens is 252 g/mol. The van der Waals surface area contributed by atoms with E-state index in [0.29, 0.717) is 6.42 Å². The van der Waals surface area contributed by atoms with Gasteiger partial charge in [-0.15, -0.1) is 0 Å². The predicted molar refractivity (Wildman–Crippen MR) is 66.1 cm³/mol. The van der Waals surface area contributed by atoms with Gasteiger partial charge in [0.2, 0.25) is 0 Å². The highest BCUT2D eigenvalue weighted by Crippen LogP contribution is 2.34. The van der Waals surface area contributed by atoms with E-state index in [4.69, 9.17) is 15.2 Å². The van der Waals surface area contributed by atoms with Crippen molar-refractivity contribution in [3.63, 3.8) is 0 Å². The molecule has 104 valence electrons. The van der Waals surface area contributed by atoms with E-state index in [9.17, 15) is 10.1 Å². The van der Waals surface area contributed by atoms with E-state index in [1.807, 2.05) is 0 Å². The lowest BCUT2D eigenvalue weighted by atomic mass is 9.94. The molecule has 1 saturated carbocycles. The lowest BCUT2D eigenvalue weighted by molar-refractivity contribution is -0.387. The molecule has 1 fully saturated rings. The lowest BCUT2D eigenvalue weighted by Crippen LogP contribution is -2.34. The van der Waals surface area contributed by atoms with Gasteiger partial charge < -0.3 is 15.2 Å². The quantitative estimate of drug-likeness (QED) is 0.641. The monoisotopic (exact) mass is 268 g/mol. The molecule has 1 aromatic heterocycles. The minimum atomic E-state index is -0.600. The van der Waals surface area contributed by atoms with Gasteiger partial charge in [0.15, 0.2) is 0 Å². The van der Waals surface area contributed by atoms with E-state index >= 15 is 0 Å². The molecule has 0 saturated heterocycles. The molecule has 1 aromatic rings. The molecule has 2 rings (SSSR count). The van der Waals surface area contributed by atoms with Crippen LogP contribution in [0.25, 0.3) is 0 Å². The molecule has 1 heterocycles. The molecule has 2 unspecified atom stereocenters. The first-order valence-electron chi connectivity index (χ1n) is 6.07. The highest BCUT2D eigenvalue weighted by Gasteiger charge is 2.29. The maximum Gasteiger partial charge on any atom is 0.392 e. The SMILES string of the molecule is COc1ncnc(OC2CCCC(N)C2)c1[N+](=O)[O-]. The fourth-order valence-corrected chi connectivity index (χ4v) is 2.19. The Balaban J connectivity index is 2.21. The van der Waals surface area contributed by atoms with Crippen molar-refractivity contribution in [2.45, 2.75) is 37.8 Å². The van der Waals surface area contributed by atoms with E-state index in [2.05, 4.69) is 9.97 Å². The Morgan fingerprint density at radius 1 is 1.42 bits per heavy atom. The summed E-state index contributed by atoms with van der Waals surface area (Å²) in [7, 11) is 1.32. The van der Waals surface area contributed by atoms with Crippen LogP contribution in [0.5, 0.6) is 11.8 Å². The molecule has 1 aliphatic carbocycles. The summed E-state index contributed by atoms with van der Waals surface area (Å²) in [5.41, 5.74) is 5.52. The van der Waals surface area contributed by atoms with E-state index in [-0.39, 0.29) is 29.6 Å². The summed E-state index contributed by atoms with van der Waals surface area (Å²) < 4.78 is 10.5. The third-order valence-electron chi connectivity index (χ3n) is 3.08. The number of aromatic nitrogens is 2. The van der Waals surface area contributed by atoms with Crippen molar-refractivity contribution in [1.29, 1.82) is 0 Å². The Bertz CT molecular complexity index is 468. The Hall–Kier alpha value is -1.96. The number of nitrogens with two attached hydrogens (primary N) is 1. The zero-order chi connectivity index (χ0) is 13.8. The minimum Gasteiger partial charge on any atom is -0.476 e. The van der Waals surface area contributed by atoms with E-state index < -0.39 is 4.92 Å². The van der Waals surface area contributed by atoms with Crippen molar-refractivity contribution in [1.82, 2.24) is 9.97 Å². The van der Waals surface area contributed by atoms with Gasteiger partial charge in [-0.1, -0.05) is 0 Å². The molecule has 2 atom stereocenters. The second-order valence-electron chi connectivity index (χ2n) is 4.46. The van der Waals surface area contributed by atoms with Crippen LogP contribution in [-0.2, 0) is 0 Å². The lowest BCUT2D eigenvalue weighted by Gasteiger charge is -2.26. The fourth-order valence-electron chi connectivity index (χ4n) is 2.19. The van der Waals surface area contributed by atoms with Crippen LogP contribution in [-0.4, -0.2) is 34.1 Å². The van der Waals surface area contributed by atoms with Gasteiger partial charge in [0.1, 0.15) is 12.4 Å². The number of rotatable bonds is 4. The van der Waals surface area contributed by atoms with Crippen LogP contribution in [0.3, 0.4) is 0 Å². The molecule has 19 heavy (non-hydrogen) atoms. The molecule has 8 nitrogen and oxygen atoms in total. The maximum absolute atomic E-state index is 11.0. The van der Waals surface area contributed by atoms with Gasteiger partial charge >= 0.3 is 17.4 Å². The second kappa shape index (κ2) is 5.79. The van der Waals surface area contributed by atoms with Crippen LogP contribution in [0.1, 0.15) is 25.7 Å². The van der Waals surface area contributed by atoms with Crippen molar-refractivity contribution in [3.05, 3.63) is 16.4 Å². The van der Waals surface area contributed by atoms with Crippen molar-refractivity contribution >= 4 is 5.69 Å². The third-order valence-corrected chi connectivity index (χ3v) is 3.08. The van der Waals surface area contributed by atoms with Gasteiger partial charge in [0.25, 0.3) is 0 Å². The second-order valence-corrected chi connectivity index (χ2v) is 4.46. The molecule has 0 amide bonds. The van der Waals surface area contributed by atoms with E-state index in [1.54, 1.807) is 0 Å². The van der Waals surface area contributed by atoms with E-state index in [1.165, 1.54) is 13.4 Å². The highest BCUT2D eigenvalue weighted by molar-refractivity contribution is 5.49. The van der Waals surface area contributed by atoms with Crippen LogP contribution in [0, 0.1) is 10.1 Å². The number of nitrogens with zero attached hydrogens (tertiary/aromatic N) is 3. The van der Waals surface area contributed by atoms with Gasteiger partial charge in [-0.3, -0.25) is 10.1 Å². The van der Waals surface area contributed by atoms with Gasteiger partial charge in [0.05, 0.1) is 12.0 Å². The Kier molecular flexibility index (Phi) is 4.10. The van der Waals surface area contributed by atoms with Crippen LogP contribution < -0.4 is 15.2 Å². The van der Waals surface area contributed by atoms with Gasteiger partial charge in [-0.05, 0) is 25.7 Å². The average Bonchev–Trinajstić information content (AvgIpc) is 2.38. The van der Waals surface area contributed by atoms with Crippen molar-refractivity contribution in [3.8, 4) is 11.8 Å². The summed E-state index contributed by atoms with van der Waals surface area (Å²) in [5, 5.41) is 11.0. The smallest absolute Gasteiger partial charge is 0.392 e. The van der Waals surface area contributed by atoms with Crippen LogP contribution in [0.4, 0.5) is 5.69 Å². The number of nitro groups is 1. The Morgan fingerprint density at radius 3 is 2.79 bits per heavy atom. The molecule has 0 spiro atoms. The highest BCUT2D eigenvalue weighted by atomic mass is 16.6. The van der Waals surface area contributed by atoms with E-state index in [0.717, 1.165) is 19.3 Å². The normalized spacial score (nSPS) is 22.8. The molecular formula is C11H16N4O4. The molecule has 0 bridgehead atoms. The van der Waals surface area contributed by atoms with Crippen molar-refractivity contribution in [2.75, 3.05) is 7.11 Å². The topological polar surface area (TPSA) is 113 Å². The Morgan fingerprint density at radius 2 is 2.16 bits per heavy atom. The Labute approximate surface area is 110 Å². The molecule has 8 heteroatoms. The number of hydrogen-bond donors (Lipinski definition) is 1. The summed E-state index contributed by atoms with van der Waals surface area (Å²) in [6.45, 7) is 0. The van der Waals surface area contributed by atoms with Gasteiger partial charge in [-0.25, -0.2) is 0 Å². The summed E-state index contributed by atoms with van der Waals surface area (Å²) in [4.78, 5) is 18.0. The molecule has 0 aliphatic heterocycles. The average molecular weight is 268 g/mol. The maximum atomic E-state index is 11.0. The number of ether oxygens (including phenoxy) is 2. The summed E-state index contributed by atoms with van der Waals surface area (Å²) in [6, 6.07) is 0.0709. The van der Waals surface area contributed by atoms with Crippen LogP contribution in [0.15, 0.2) is 6.33 Å². The van der Waals surface area contributed by atoms with Crippen molar-refractivity contribution < 1.29 is 14.4 Å². The fraction of sp³-hybridized carbons (Fsp3) is 0.636. The van der Waals surface area contributed by atoms with Crippen molar-refractivity contribution in [2.24, 2.45) is 5.73 Å². The van der Waals surface area contributed by atoms with Gasteiger partial charge in [0, 0.05) is 6.04 Å². The largest absolute Gasteiger partial charge is 0.476 e. The molecule has 0 radical (unpaired) electrons. The first kappa shape index (κ1) is 13.5. The molecule has 0 aromatic carbocycles. The molecule has 1 aliphatic rings.